The van der Waals surface area contributed by atoms with Crippen LogP contribution in [0.5, 0.6) is 11.5 Å². The number of fused-ring (bicyclic) bond motifs is 1. The summed E-state index contributed by atoms with van der Waals surface area (Å²) in [6.07, 6.45) is 1.00. The zero-order chi connectivity index (χ0) is 20.3. The molecule has 0 aromatic heterocycles. The van der Waals surface area contributed by atoms with Crippen LogP contribution in [0.2, 0.25) is 0 Å². The molecule has 0 atom stereocenters. The molecule has 9 heteroatoms. The zero-order valence-corrected chi connectivity index (χ0v) is 16.2. The highest BCUT2D eigenvalue weighted by Gasteiger charge is 2.24. The summed E-state index contributed by atoms with van der Waals surface area (Å²) < 4.78 is 40.6. The van der Waals surface area contributed by atoms with E-state index in [4.69, 9.17) is 14.2 Å². The molecule has 0 fully saturated rings. The molecular formula is C19H19NO7S. The third-order valence-corrected chi connectivity index (χ3v) is 5.24. The minimum absolute atomic E-state index is 0.0855. The summed E-state index contributed by atoms with van der Waals surface area (Å²) in [6, 6.07) is 11.4. The molecule has 148 valence electrons. The van der Waals surface area contributed by atoms with E-state index >= 15 is 0 Å². The minimum atomic E-state index is -3.72. The number of Topliss-reactive ketones (excluding diaryl/α,β-unsaturated/α-hetero) is 1. The summed E-state index contributed by atoms with van der Waals surface area (Å²) in [4.78, 5) is 24.4. The lowest BCUT2D eigenvalue weighted by Gasteiger charge is -2.23. The Morgan fingerprint density at radius 2 is 1.82 bits per heavy atom. The van der Waals surface area contributed by atoms with Crippen LogP contribution in [0.25, 0.3) is 0 Å². The van der Waals surface area contributed by atoms with E-state index in [-0.39, 0.29) is 6.79 Å². The molecule has 1 aliphatic rings. The number of esters is 1. The van der Waals surface area contributed by atoms with Gasteiger partial charge in [0.25, 0.3) is 0 Å². The molecule has 8 nitrogen and oxygen atoms in total. The van der Waals surface area contributed by atoms with Gasteiger partial charge in [0.05, 0.1) is 11.9 Å². The van der Waals surface area contributed by atoms with Gasteiger partial charge >= 0.3 is 5.97 Å². The molecule has 2 aromatic rings. The number of carbonyl (C=O) groups excluding carboxylic acids is 2. The predicted octanol–water partition coefficient (Wildman–Crippen LogP) is 1.92. The molecule has 0 bridgehead atoms. The summed E-state index contributed by atoms with van der Waals surface area (Å²) in [5, 5.41) is 0. The number of carbonyl (C=O) groups is 2. The first-order valence-corrected chi connectivity index (χ1v) is 10.2. The van der Waals surface area contributed by atoms with E-state index in [1.165, 1.54) is 6.07 Å². The average Bonchev–Trinajstić information content (AvgIpc) is 3.11. The Balaban J connectivity index is 1.65. The fraction of sp³-hybridized carbons (Fsp3) is 0.263. The number of sulfonamides is 1. The lowest BCUT2D eigenvalue weighted by molar-refractivity contribution is -0.140. The van der Waals surface area contributed by atoms with E-state index in [1.807, 2.05) is 0 Å². The molecule has 0 N–H and O–H groups in total. The highest BCUT2D eigenvalue weighted by Crippen LogP contribution is 2.32. The number of nitrogens with zero attached hydrogens (tertiary/aromatic N) is 1. The number of para-hydroxylation sites is 1. The predicted molar refractivity (Wildman–Crippen MR) is 101 cm³/mol. The van der Waals surface area contributed by atoms with Crippen molar-refractivity contribution in [1.29, 1.82) is 0 Å². The second-order valence-corrected chi connectivity index (χ2v) is 8.11. The van der Waals surface area contributed by atoms with Crippen LogP contribution in [0, 0.1) is 6.92 Å². The van der Waals surface area contributed by atoms with Gasteiger partial charge in [-0.2, -0.15) is 0 Å². The lowest BCUT2D eigenvalue weighted by atomic mass is 10.1. The van der Waals surface area contributed by atoms with Crippen LogP contribution in [-0.4, -0.2) is 46.4 Å². The molecule has 3 rings (SSSR count). The molecule has 0 saturated carbocycles. The van der Waals surface area contributed by atoms with E-state index in [1.54, 1.807) is 43.3 Å². The van der Waals surface area contributed by atoms with Crippen molar-refractivity contribution in [2.75, 3.05) is 30.5 Å². The van der Waals surface area contributed by atoms with Gasteiger partial charge in [0, 0.05) is 5.56 Å². The number of anilines is 1. The average molecular weight is 405 g/mol. The van der Waals surface area contributed by atoms with Gasteiger partial charge < -0.3 is 14.2 Å². The molecule has 1 aliphatic heterocycles. The van der Waals surface area contributed by atoms with Gasteiger partial charge in [-0.1, -0.05) is 18.2 Å². The number of rotatable bonds is 7. The van der Waals surface area contributed by atoms with Gasteiger partial charge in [-0.3, -0.25) is 13.9 Å². The standard InChI is InChI=1S/C19H19NO7S/c1-13-5-3-4-6-15(13)20(28(2,23)24)10-19(22)25-11-16(21)14-7-8-17-18(9-14)27-12-26-17/h3-9H,10-12H2,1-2H3. The minimum Gasteiger partial charge on any atom is -0.456 e. The van der Waals surface area contributed by atoms with Gasteiger partial charge in [-0.15, -0.1) is 0 Å². The quantitative estimate of drug-likeness (QED) is 0.512. The highest BCUT2D eigenvalue weighted by molar-refractivity contribution is 7.92. The van der Waals surface area contributed by atoms with Crippen LogP contribution < -0.4 is 13.8 Å². The Labute approximate surface area is 162 Å². The molecule has 1 heterocycles. The van der Waals surface area contributed by atoms with Crippen molar-refractivity contribution >= 4 is 27.5 Å². The summed E-state index contributed by atoms with van der Waals surface area (Å²) >= 11 is 0. The summed E-state index contributed by atoms with van der Waals surface area (Å²) in [5.74, 6) is -0.285. The van der Waals surface area contributed by atoms with E-state index < -0.39 is 34.9 Å². The monoisotopic (exact) mass is 405 g/mol. The second kappa shape index (κ2) is 7.89. The van der Waals surface area contributed by atoms with Gasteiger partial charge in [0.15, 0.2) is 23.9 Å². The molecule has 28 heavy (non-hydrogen) atoms. The molecule has 0 aliphatic carbocycles. The highest BCUT2D eigenvalue weighted by atomic mass is 32.2. The van der Waals surface area contributed by atoms with Crippen molar-refractivity contribution in [2.45, 2.75) is 6.92 Å². The van der Waals surface area contributed by atoms with Crippen LogP contribution in [0.1, 0.15) is 15.9 Å². The van der Waals surface area contributed by atoms with Crippen LogP contribution in [0.15, 0.2) is 42.5 Å². The fourth-order valence-electron chi connectivity index (χ4n) is 2.69. The smallest absolute Gasteiger partial charge is 0.327 e. The number of hydrogen-bond acceptors (Lipinski definition) is 7. The maximum absolute atomic E-state index is 12.3. The Bertz CT molecular complexity index is 1020. The van der Waals surface area contributed by atoms with Crippen molar-refractivity contribution in [3.8, 4) is 11.5 Å². The normalized spacial score (nSPS) is 12.5. The van der Waals surface area contributed by atoms with Gasteiger partial charge in [0.2, 0.25) is 16.8 Å². The zero-order valence-electron chi connectivity index (χ0n) is 15.4. The van der Waals surface area contributed by atoms with E-state index in [0.29, 0.717) is 28.3 Å². The summed E-state index contributed by atoms with van der Waals surface area (Å²) in [7, 11) is -3.72. The van der Waals surface area contributed by atoms with E-state index in [9.17, 15) is 18.0 Å². The van der Waals surface area contributed by atoms with Crippen LogP contribution in [-0.2, 0) is 19.6 Å². The van der Waals surface area contributed by atoms with Crippen molar-refractivity contribution in [3.63, 3.8) is 0 Å². The molecule has 0 amide bonds. The number of benzene rings is 2. The van der Waals surface area contributed by atoms with Gasteiger partial charge in [-0.05, 0) is 36.8 Å². The van der Waals surface area contributed by atoms with Crippen LogP contribution >= 0.6 is 0 Å². The molecular weight excluding hydrogens is 386 g/mol. The SMILES string of the molecule is Cc1ccccc1N(CC(=O)OCC(=O)c1ccc2c(c1)OCO2)S(C)(=O)=O. The maximum Gasteiger partial charge on any atom is 0.327 e. The largest absolute Gasteiger partial charge is 0.456 e. The first-order valence-electron chi connectivity index (χ1n) is 8.37. The maximum atomic E-state index is 12.3. The number of ketones is 1. The number of ether oxygens (including phenoxy) is 3. The number of hydrogen-bond donors (Lipinski definition) is 0. The van der Waals surface area contributed by atoms with Crippen molar-refractivity contribution < 1.29 is 32.2 Å². The van der Waals surface area contributed by atoms with Crippen LogP contribution in [0.4, 0.5) is 5.69 Å². The van der Waals surface area contributed by atoms with Crippen molar-refractivity contribution in [2.24, 2.45) is 0 Å². The van der Waals surface area contributed by atoms with Gasteiger partial charge in [0.1, 0.15) is 6.54 Å². The Kier molecular flexibility index (Phi) is 5.55. The van der Waals surface area contributed by atoms with Crippen molar-refractivity contribution in [1.82, 2.24) is 0 Å². The molecule has 0 spiro atoms. The third-order valence-electron chi connectivity index (χ3n) is 4.12. The summed E-state index contributed by atoms with van der Waals surface area (Å²) in [6.45, 7) is 0.784. The molecule has 2 aromatic carbocycles. The van der Waals surface area contributed by atoms with Gasteiger partial charge in [-0.25, -0.2) is 8.42 Å². The van der Waals surface area contributed by atoms with Crippen molar-refractivity contribution in [3.05, 3.63) is 53.6 Å². The molecule has 0 unspecified atom stereocenters. The lowest BCUT2D eigenvalue weighted by Crippen LogP contribution is -2.36. The summed E-state index contributed by atoms with van der Waals surface area (Å²) in [5.41, 5.74) is 1.37. The molecule has 0 saturated heterocycles. The van der Waals surface area contributed by atoms with E-state index in [0.717, 1.165) is 10.6 Å². The Morgan fingerprint density at radius 3 is 2.54 bits per heavy atom. The fourth-order valence-corrected chi connectivity index (χ4v) is 3.59. The Hall–Kier alpha value is -3.07. The first-order chi connectivity index (χ1) is 13.3. The first kappa shape index (κ1) is 19.7. The number of aryl methyl sites for hydroxylation is 1. The second-order valence-electron chi connectivity index (χ2n) is 6.21. The third kappa shape index (κ3) is 4.42. The van der Waals surface area contributed by atoms with Crippen LogP contribution in [0.3, 0.4) is 0 Å². The topological polar surface area (TPSA) is 99.2 Å². The Morgan fingerprint density at radius 1 is 1.11 bits per heavy atom. The van der Waals surface area contributed by atoms with E-state index in [2.05, 4.69) is 0 Å². The molecule has 0 radical (unpaired) electrons.